The molecule has 0 aliphatic heterocycles. The van der Waals surface area contributed by atoms with Crippen molar-refractivity contribution in [3.8, 4) is 6.07 Å². The third-order valence-corrected chi connectivity index (χ3v) is 1.51. The van der Waals surface area contributed by atoms with Crippen molar-refractivity contribution in [1.82, 2.24) is 5.01 Å². The van der Waals surface area contributed by atoms with E-state index in [2.05, 4.69) is 10.3 Å². The highest BCUT2D eigenvalue weighted by Gasteiger charge is 1.92. The monoisotopic (exact) mass is 190 g/mol. The molecule has 1 N–H and O–H groups in total. The van der Waals surface area contributed by atoms with Crippen LogP contribution in [0.1, 0.15) is 5.56 Å². The van der Waals surface area contributed by atoms with Crippen molar-refractivity contribution < 1.29 is 5.11 Å². The Hall–Kier alpha value is -1.93. The van der Waals surface area contributed by atoms with Crippen molar-refractivity contribution in [2.75, 3.05) is 13.8 Å². The van der Waals surface area contributed by atoms with E-state index in [0.717, 1.165) is 0 Å². The molecule has 1 aromatic rings. The summed E-state index contributed by atoms with van der Waals surface area (Å²) in [7, 11) is 1.60. The van der Waals surface area contributed by atoms with Crippen LogP contribution in [-0.4, -0.2) is 23.9 Å². The topological polar surface area (TPSA) is 72.0 Å². The Morgan fingerprint density at radius 3 is 2.57 bits per heavy atom. The van der Waals surface area contributed by atoms with Crippen LogP contribution in [0, 0.1) is 11.3 Å². The lowest BCUT2D eigenvalue weighted by Crippen LogP contribution is -2.10. The predicted molar refractivity (Wildman–Crippen MR) is 50.5 cm³/mol. The normalized spacial score (nSPS) is 10.1. The molecule has 0 atom stereocenters. The molecule has 0 fully saturated rings. The third-order valence-electron chi connectivity index (χ3n) is 1.51. The SMILES string of the molecule is CN(CO)N=Nc1ccc(C#N)cc1. The Morgan fingerprint density at radius 2 is 2.07 bits per heavy atom. The fraction of sp³-hybridized carbons (Fsp3) is 0.222. The average molecular weight is 190 g/mol. The third kappa shape index (κ3) is 2.84. The van der Waals surface area contributed by atoms with Crippen LogP contribution in [0.25, 0.3) is 0 Å². The second kappa shape index (κ2) is 4.94. The van der Waals surface area contributed by atoms with Crippen molar-refractivity contribution in [1.29, 1.82) is 5.26 Å². The van der Waals surface area contributed by atoms with Gasteiger partial charge < -0.3 is 5.11 Å². The van der Waals surface area contributed by atoms with Gasteiger partial charge in [0.1, 0.15) is 6.73 Å². The zero-order valence-corrected chi connectivity index (χ0v) is 7.75. The second-order valence-corrected chi connectivity index (χ2v) is 2.65. The lowest BCUT2D eigenvalue weighted by Gasteiger charge is -2.04. The summed E-state index contributed by atoms with van der Waals surface area (Å²) >= 11 is 0. The molecular formula is C9H10N4O. The minimum absolute atomic E-state index is 0.181. The van der Waals surface area contributed by atoms with Crippen LogP contribution in [0.5, 0.6) is 0 Å². The van der Waals surface area contributed by atoms with E-state index < -0.39 is 0 Å². The molecule has 0 aromatic heterocycles. The highest BCUT2D eigenvalue weighted by molar-refractivity contribution is 5.41. The smallest absolute Gasteiger partial charge is 0.133 e. The maximum absolute atomic E-state index is 8.62. The highest BCUT2D eigenvalue weighted by Crippen LogP contribution is 2.12. The first-order valence-corrected chi connectivity index (χ1v) is 4.00. The number of nitrogens with zero attached hydrogens (tertiary/aromatic N) is 4. The molecule has 0 aliphatic carbocycles. The lowest BCUT2D eigenvalue weighted by atomic mass is 10.2. The molecule has 0 spiro atoms. The first-order chi connectivity index (χ1) is 6.76. The van der Waals surface area contributed by atoms with Crippen LogP contribution in [0.2, 0.25) is 0 Å². The minimum Gasteiger partial charge on any atom is -0.375 e. The molecule has 5 nitrogen and oxygen atoms in total. The van der Waals surface area contributed by atoms with Crippen LogP contribution in [-0.2, 0) is 0 Å². The Morgan fingerprint density at radius 1 is 1.43 bits per heavy atom. The molecule has 14 heavy (non-hydrogen) atoms. The van der Waals surface area contributed by atoms with E-state index in [9.17, 15) is 0 Å². The zero-order chi connectivity index (χ0) is 10.4. The van der Waals surface area contributed by atoms with Gasteiger partial charge in [-0.15, -0.1) is 5.11 Å². The first kappa shape index (κ1) is 10.2. The van der Waals surface area contributed by atoms with Gasteiger partial charge in [-0.3, -0.25) is 5.01 Å². The molecule has 0 aliphatic rings. The molecule has 1 aromatic carbocycles. The van der Waals surface area contributed by atoms with Crippen LogP contribution in [0.3, 0.4) is 0 Å². The van der Waals surface area contributed by atoms with E-state index >= 15 is 0 Å². The van der Waals surface area contributed by atoms with Crippen molar-refractivity contribution >= 4 is 5.69 Å². The summed E-state index contributed by atoms with van der Waals surface area (Å²) in [6, 6.07) is 8.70. The van der Waals surface area contributed by atoms with Crippen LogP contribution in [0.15, 0.2) is 34.6 Å². The highest BCUT2D eigenvalue weighted by atomic mass is 16.3. The molecule has 5 heteroatoms. The maximum Gasteiger partial charge on any atom is 0.133 e. The molecule has 0 saturated carbocycles. The molecule has 72 valence electrons. The summed E-state index contributed by atoms with van der Waals surface area (Å²) in [6.45, 7) is -0.181. The van der Waals surface area contributed by atoms with Gasteiger partial charge in [0.15, 0.2) is 0 Å². The molecule has 0 amide bonds. The molecule has 1 rings (SSSR count). The zero-order valence-electron chi connectivity index (χ0n) is 7.75. The molecule has 0 bridgehead atoms. The van der Waals surface area contributed by atoms with Crippen LogP contribution >= 0.6 is 0 Å². The van der Waals surface area contributed by atoms with Gasteiger partial charge in [-0.25, -0.2) is 0 Å². The average Bonchev–Trinajstić information content (AvgIpc) is 2.26. The van der Waals surface area contributed by atoms with Gasteiger partial charge >= 0.3 is 0 Å². The van der Waals surface area contributed by atoms with Crippen molar-refractivity contribution in [3.63, 3.8) is 0 Å². The van der Waals surface area contributed by atoms with Gasteiger partial charge in [0.05, 0.1) is 17.3 Å². The summed E-state index contributed by atoms with van der Waals surface area (Å²) in [5.41, 5.74) is 1.23. The number of hydrogen-bond acceptors (Lipinski definition) is 4. The number of rotatable bonds is 3. The van der Waals surface area contributed by atoms with E-state index in [4.69, 9.17) is 10.4 Å². The van der Waals surface area contributed by atoms with Gasteiger partial charge in [0.25, 0.3) is 0 Å². The van der Waals surface area contributed by atoms with Crippen molar-refractivity contribution in [2.45, 2.75) is 0 Å². The Labute approximate surface area is 81.9 Å². The number of hydrogen-bond donors (Lipinski definition) is 1. The quantitative estimate of drug-likeness (QED) is 0.445. The number of benzene rings is 1. The molecule has 0 unspecified atom stereocenters. The predicted octanol–water partition coefficient (Wildman–Crippen LogP) is 1.44. The second-order valence-electron chi connectivity index (χ2n) is 2.65. The maximum atomic E-state index is 8.62. The molecular weight excluding hydrogens is 180 g/mol. The van der Waals surface area contributed by atoms with Gasteiger partial charge in [0, 0.05) is 7.05 Å². The van der Waals surface area contributed by atoms with Gasteiger partial charge in [0.2, 0.25) is 0 Å². The minimum atomic E-state index is -0.181. The first-order valence-electron chi connectivity index (χ1n) is 4.00. The number of aliphatic hydroxyl groups is 1. The molecule has 0 heterocycles. The largest absolute Gasteiger partial charge is 0.375 e. The van der Waals surface area contributed by atoms with Crippen LogP contribution in [0.4, 0.5) is 5.69 Å². The fourth-order valence-corrected chi connectivity index (χ4v) is 0.759. The van der Waals surface area contributed by atoms with Crippen molar-refractivity contribution in [2.24, 2.45) is 10.3 Å². The van der Waals surface area contributed by atoms with Crippen LogP contribution < -0.4 is 0 Å². The lowest BCUT2D eigenvalue weighted by molar-refractivity contribution is 0.129. The number of aliphatic hydroxyl groups excluding tert-OH is 1. The molecule has 0 radical (unpaired) electrons. The van der Waals surface area contributed by atoms with Crippen molar-refractivity contribution in [3.05, 3.63) is 29.8 Å². The Kier molecular flexibility index (Phi) is 3.58. The Bertz CT molecular complexity index is 352. The standard InChI is InChI=1S/C9H10N4O/c1-13(7-14)12-11-9-4-2-8(6-10)3-5-9/h2-5,14H,7H2,1H3. The summed E-state index contributed by atoms with van der Waals surface area (Å²) in [6.07, 6.45) is 0. The van der Waals surface area contributed by atoms with Gasteiger partial charge in [-0.05, 0) is 24.3 Å². The van der Waals surface area contributed by atoms with E-state index in [1.54, 1.807) is 31.3 Å². The molecule has 0 saturated heterocycles. The Balaban J connectivity index is 2.70. The summed E-state index contributed by atoms with van der Waals surface area (Å²) in [5.74, 6) is 0. The van der Waals surface area contributed by atoms with Gasteiger partial charge in [-0.1, -0.05) is 5.22 Å². The fourth-order valence-electron chi connectivity index (χ4n) is 0.759. The van der Waals surface area contributed by atoms with E-state index in [1.165, 1.54) is 5.01 Å². The summed E-state index contributed by atoms with van der Waals surface area (Å²) in [4.78, 5) is 0. The van der Waals surface area contributed by atoms with Gasteiger partial charge in [-0.2, -0.15) is 5.26 Å². The number of nitriles is 1. The van der Waals surface area contributed by atoms with E-state index in [1.807, 2.05) is 6.07 Å². The van der Waals surface area contributed by atoms with E-state index in [-0.39, 0.29) is 6.73 Å². The summed E-state index contributed by atoms with van der Waals surface area (Å²) < 4.78 is 0. The van der Waals surface area contributed by atoms with E-state index in [0.29, 0.717) is 11.3 Å². The summed E-state index contributed by atoms with van der Waals surface area (Å²) in [5, 5.41) is 26.0.